The predicted molar refractivity (Wildman–Crippen MR) is 80.1 cm³/mol. The van der Waals surface area contributed by atoms with Crippen molar-refractivity contribution in [3.05, 3.63) is 16.1 Å². The van der Waals surface area contributed by atoms with Crippen LogP contribution >= 0.6 is 11.3 Å². The first kappa shape index (κ1) is 13.7. The number of morpholine rings is 1. The second-order valence-corrected chi connectivity index (χ2v) is 7.52. The van der Waals surface area contributed by atoms with Crippen LogP contribution in [0.1, 0.15) is 23.5 Å². The smallest absolute Gasteiger partial charge is 0.248 e. The zero-order valence-electron chi connectivity index (χ0n) is 12.3. The monoisotopic (exact) mass is 307 g/mol. The zero-order chi connectivity index (χ0) is 14.4. The van der Waals surface area contributed by atoms with Gasteiger partial charge in [0.25, 0.3) is 0 Å². The first-order valence-corrected chi connectivity index (χ1v) is 8.61. The highest BCUT2D eigenvalue weighted by atomic mass is 32.1. The fourth-order valence-corrected chi connectivity index (χ4v) is 4.00. The summed E-state index contributed by atoms with van der Waals surface area (Å²) in [5.41, 5.74) is 1.14. The van der Waals surface area contributed by atoms with Crippen molar-refractivity contribution in [3.8, 4) is 0 Å². The number of aryl methyl sites for hydroxylation is 1. The molecule has 2 aliphatic heterocycles. The molecule has 3 aliphatic rings. The molecule has 0 N–H and O–H groups in total. The Morgan fingerprint density at radius 2 is 2.29 bits per heavy atom. The van der Waals surface area contributed by atoms with Crippen molar-refractivity contribution in [1.29, 1.82) is 0 Å². The Balaban J connectivity index is 1.43. The van der Waals surface area contributed by atoms with Gasteiger partial charge >= 0.3 is 0 Å². The number of carbonyl (C=O) groups is 1. The van der Waals surface area contributed by atoms with E-state index in [4.69, 9.17) is 4.74 Å². The number of hydrogen-bond acceptors (Lipinski definition) is 5. The largest absolute Gasteiger partial charge is 0.365 e. The van der Waals surface area contributed by atoms with E-state index < -0.39 is 0 Å². The van der Waals surface area contributed by atoms with Gasteiger partial charge in [0.1, 0.15) is 6.61 Å². The number of carbonyl (C=O) groups excluding carboxylic acids is 1. The third-order valence-corrected chi connectivity index (χ3v) is 5.48. The molecule has 0 unspecified atom stereocenters. The molecule has 3 heterocycles. The van der Waals surface area contributed by atoms with Crippen molar-refractivity contribution in [1.82, 2.24) is 14.8 Å². The van der Waals surface area contributed by atoms with Crippen LogP contribution in [0.2, 0.25) is 0 Å². The number of rotatable bonds is 4. The molecular formula is C15H21N3O2S. The summed E-state index contributed by atoms with van der Waals surface area (Å²) < 4.78 is 5.77. The number of aromatic nitrogens is 1. The summed E-state index contributed by atoms with van der Waals surface area (Å²) in [5.74, 6) is 0.914. The fraction of sp³-hybridized carbons (Fsp3) is 0.733. The fourth-order valence-electron chi connectivity index (χ4n) is 3.40. The quantitative estimate of drug-likeness (QED) is 0.840. The minimum Gasteiger partial charge on any atom is -0.365 e. The van der Waals surface area contributed by atoms with Crippen molar-refractivity contribution >= 4 is 17.2 Å². The molecule has 3 fully saturated rings. The Labute approximate surface area is 128 Å². The maximum atomic E-state index is 12.1. The van der Waals surface area contributed by atoms with E-state index in [-0.39, 0.29) is 24.7 Å². The van der Waals surface area contributed by atoms with Crippen LogP contribution in [0.3, 0.4) is 0 Å². The van der Waals surface area contributed by atoms with Gasteiger partial charge in [0.2, 0.25) is 5.91 Å². The third-order valence-electron chi connectivity index (χ3n) is 4.66. The second kappa shape index (κ2) is 5.34. The number of fused-ring (bicyclic) bond motifs is 1. The maximum absolute atomic E-state index is 12.1. The van der Waals surface area contributed by atoms with Gasteiger partial charge in [-0.2, -0.15) is 0 Å². The SMILES string of the molecule is Cc1nc(CN2C[C@@H]3[C@@H](C2)OCC(=O)N3CC2CC2)cs1. The first-order valence-electron chi connectivity index (χ1n) is 7.73. The van der Waals surface area contributed by atoms with Crippen molar-refractivity contribution in [2.75, 3.05) is 26.2 Å². The van der Waals surface area contributed by atoms with Crippen LogP contribution in [0.25, 0.3) is 0 Å². The summed E-state index contributed by atoms with van der Waals surface area (Å²) in [6.45, 7) is 5.93. The molecular weight excluding hydrogens is 286 g/mol. The molecule has 0 bridgehead atoms. The van der Waals surface area contributed by atoms with E-state index in [2.05, 4.69) is 20.2 Å². The summed E-state index contributed by atoms with van der Waals surface area (Å²) in [6, 6.07) is 0.242. The second-order valence-electron chi connectivity index (χ2n) is 6.46. The molecule has 4 rings (SSSR count). The number of amides is 1. The summed E-state index contributed by atoms with van der Waals surface area (Å²) in [4.78, 5) is 21.2. The van der Waals surface area contributed by atoms with E-state index in [9.17, 15) is 4.79 Å². The van der Waals surface area contributed by atoms with E-state index in [0.29, 0.717) is 0 Å². The van der Waals surface area contributed by atoms with Gasteiger partial charge in [-0.3, -0.25) is 9.69 Å². The molecule has 5 nitrogen and oxygen atoms in total. The molecule has 0 radical (unpaired) electrons. The third kappa shape index (κ3) is 2.84. The predicted octanol–water partition coefficient (Wildman–Crippen LogP) is 1.27. The Bertz CT molecular complexity index is 543. The van der Waals surface area contributed by atoms with E-state index in [1.165, 1.54) is 12.8 Å². The van der Waals surface area contributed by atoms with Crippen LogP contribution in [0.4, 0.5) is 0 Å². The number of nitrogens with zero attached hydrogens (tertiary/aromatic N) is 3. The Hall–Kier alpha value is -0.980. The molecule has 2 saturated heterocycles. The maximum Gasteiger partial charge on any atom is 0.248 e. The van der Waals surface area contributed by atoms with Crippen molar-refractivity contribution in [2.24, 2.45) is 5.92 Å². The van der Waals surface area contributed by atoms with Crippen LogP contribution in [-0.4, -0.2) is 59.1 Å². The summed E-state index contributed by atoms with van der Waals surface area (Å²) in [7, 11) is 0. The molecule has 114 valence electrons. The van der Waals surface area contributed by atoms with Crippen LogP contribution in [0.5, 0.6) is 0 Å². The zero-order valence-corrected chi connectivity index (χ0v) is 13.1. The normalized spacial score (nSPS) is 30.0. The lowest BCUT2D eigenvalue weighted by Gasteiger charge is -2.36. The average Bonchev–Trinajstić information content (AvgIpc) is 3.04. The minimum absolute atomic E-state index is 0.175. The van der Waals surface area contributed by atoms with Gasteiger partial charge in [0.05, 0.1) is 22.8 Å². The van der Waals surface area contributed by atoms with E-state index in [1.54, 1.807) is 11.3 Å². The number of thiazole rings is 1. The van der Waals surface area contributed by atoms with Crippen molar-refractivity contribution in [3.63, 3.8) is 0 Å². The summed E-state index contributed by atoms with van der Waals surface area (Å²) >= 11 is 1.70. The van der Waals surface area contributed by atoms with Crippen molar-refractivity contribution in [2.45, 2.75) is 38.5 Å². The van der Waals surface area contributed by atoms with Crippen LogP contribution in [-0.2, 0) is 16.1 Å². The van der Waals surface area contributed by atoms with Gasteiger partial charge in [0.15, 0.2) is 0 Å². The van der Waals surface area contributed by atoms with Crippen LogP contribution in [0.15, 0.2) is 5.38 Å². The Kier molecular flexibility index (Phi) is 3.47. The molecule has 1 aromatic rings. The van der Waals surface area contributed by atoms with Crippen LogP contribution in [0, 0.1) is 12.8 Å². The van der Waals surface area contributed by atoms with E-state index in [1.807, 2.05) is 6.92 Å². The standard InChI is InChI=1S/C15H21N3O2S/c1-10-16-12(9-21-10)5-17-6-13-14(7-17)20-8-15(19)18(13)4-11-2-3-11/h9,11,13-14H,2-8H2,1H3/t13-,14-/m1/s1. The number of likely N-dealkylation sites (tertiary alicyclic amines) is 1. The molecule has 1 aromatic heterocycles. The average molecular weight is 307 g/mol. The minimum atomic E-state index is 0.175. The lowest BCUT2D eigenvalue weighted by atomic mass is 10.1. The van der Waals surface area contributed by atoms with Gasteiger partial charge in [-0.1, -0.05) is 0 Å². The highest BCUT2D eigenvalue weighted by Gasteiger charge is 2.44. The summed E-state index contributed by atoms with van der Waals surface area (Å²) in [6.07, 6.45) is 2.74. The topological polar surface area (TPSA) is 45.7 Å². The lowest BCUT2D eigenvalue weighted by Crippen LogP contribution is -2.54. The molecule has 0 spiro atoms. The first-order chi connectivity index (χ1) is 10.2. The molecule has 6 heteroatoms. The highest BCUT2D eigenvalue weighted by Crippen LogP contribution is 2.33. The Morgan fingerprint density at radius 1 is 1.43 bits per heavy atom. The summed E-state index contributed by atoms with van der Waals surface area (Å²) in [5, 5.41) is 3.24. The van der Waals surface area contributed by atoms with Crippen molar-refractivity contribution < 1.29 is 9.53 Å². The van der Waals surface area contributed by atoms with Gasteiger partial charge in [-0.15, -0.1) is 11.3 Å². The molecule has 21 heavy (non-hydrogen) atoms. The highest BCUT2D eigenvalue weighted by molar-refractivity contribution is 7.09. The molecule has 2 atom stereocenters. The van der Waals surface area contributed by atoms with Gasteiger partial charge in [-0.05, 0) is 25.7 Å². The number of ether oxygens (including phenoxy) is 1. The molecule has 1 aliphatic carbocycles. The van der Waals surface area contributed by atoms with Gasteiger partial charge in [-0.25, -0.2) is 4.98 Å². The molecule has 1 amide bonds. The Morgan fingerprint density at radius 3 is 3.00 bits per heavy atom. The van der Waals surface area contributed by atoms with E-state index >= 15 is 0 Å². The van der Waals surface area contributed by atoms with Gasteiger partial charge < -0.3 is 9.64 Å². The molecule has 1 saturated carbocycles. The van der Waals surface area contributed by atoms with Gasteiger partial charge in [0, 0.05) is 31.6 Å². The number of hydrogen-bond donors (Lipinski definition) is 0. The molecule has 0 aromatic carbocycles. The van der Waals surface area contributed by atoms with Crippen LogP contribution < -0.4 is 0 Å². The lowest BCUT2D eigenvalue weighted by molar-refractivity contribution is -0.153. The van der Waals surface area contributed by atoms with E-state index in [0.717, 1.165) is 42.8 Å².